The van der Waals surface area contributed by atoms with Crippen LogP contribution < -0.4 is 10.1 Å². The fraction of sp³-hybridized carbons (Fsp3) is 0.647. The van der Waals surface area contributed by atoms with E-state index in [0.29, 0.717) is 12.1 Å². The molecule has 0 saturated carbocycles. The van der Waals surface area contributed by atoms with Crippen molar-refractivity contribution in [2.45, 2.75) is 50.7 Å². The van der Waals surface area contributed by atoms with Crippen LogP contribution in [-0.2, 0) is 11.2 Å². The van der Waals surface area contributed by atoms with Crippen LogP contribution in [-0.4, -0.2) is 26.4 Å². The van der Waals surface area contributed by atoms with Gasteiger partial charge in [-0.15, -0.1) is 0 Å². The first-order valence-corrected chi connectivity index (χ1v) is 7.91. The van der Waals surface area contributed by atoms with Crippen LogP contribution in [0.15, 0.2) is 18.2 Å². The predicted molar refractivity (Wildman–Crippen MR) is 80.3 cm³/mol. The van der Waals surface area contributed by atoms with E-state index in [0.717, 1.165) is 38.2 Å². The van der Waals surface area contributed by atoms with Crippen LogP contribution >= 0.6 is 0 Å². The normalized spacial score (nSPS) is 23.1. The summed E-state index contributed by atoms with van der Waals surface area (Å²) in [6.45, 7) is 1.78. The summed E-state index contributed by atoms with van der Waals surface area (Å²) >= 11 is 0. The minimum absolute atomic E-state index is 0.423. The Bertz CT molecular complexity index is 441. The van der Waals surface area contributed by atoms with Crippen molar-refractivity contribution in [3.8, 4) is 5.75 Å². The number of benzene rings is 1. The highest BCUT2D eigenvalue weighted by molar-refractivity contribution is 5.40. The van der Waals surface area contributed by atoms with E-state index in [1.165, 1.54) is 30.4 Å². The maximum atomic E-state index is 5.83. The van der Waals surface area contributed by atoms with Crippen molar-refractivity contribution in [2.24, 2.45) is 0 Å². The van der Waals surface area contributed by atoms with Crippen LogP contribution in [0.3, 0.4) is 0 Å². The molecule has 1 saturated heterocycles. The maximum Gasteiger partial charge on any atom is 0.122 e. The molecule has 3 nitrogen and oxygen atoms in total. The molecular formula is C17H25NO2. The highest BCUT2D eigenvalue weighted by Gasteiger charge is 2.19. The van der Waals surface area contributed by atoms with Crippen molar-refractivity contribution in [3.63, 3.8) is 0 Å². The second-order valence-corrected chi connectivity index (χ2v) is 5.87. The summed E-state index contributed by atoms with van der Waals surface area (Å²) in [5.41, 5.74) is 2.74. The molecule has 0 amide bonds. The van der Waals surface area contributed by atoms with E-state index in [1.54, 1.807) is 0 Å². The Labute approximate surface area is 121 Å². The number of rotatable bonds is 5. The van der Waals surface area contributed by atoms with Gasteiger partial charge in [0.05, 0.1) is 12.7 Å². The third-order valence-corrected chi connectivity index (χ3v) is 4.52. The third-order valence-electron chi connectivity index (χ3n) is 4.52. The summed E-state index contributed by atoms with van der Waals surface area (Å²) in [7, 11) is 2.05. The summed E-state index contributed by atoms with van der Waals surface area (Å²) in [6, 6.07) is 7.06. The fourth-order valence-corrected chi connectivity index (χ4v) is 3.29. The number of hydrogen-bond donors (Lipinski definition) is 1. The second kappa shape index (κ2) is 6.59. The van der Waals surface area contributed by atoms with Gasteiger partial charge in [0.15, 0.2) is 0 Å². The first-order chi connectivity index (χ1) is 9.86. The molecule has 2 aliphatic heterocycles. The average Bonchev–Trinajstić information content (AvgIpc) is 2.96. The predicted octanol–water partition coefficient (Wildman–Crippen LogP) is 3.23. The number of ether oxygens (including phenoxy) is 2. The van der Waals surface area contributed by atoms with Gasteiger partial charge in [-0.1, -0.05) is 12.1 Å². The Morgan fingerprint density at radius 2 is 2.25 bits per heavy atom. The zero-order valence-electron chi connectivity index (χ0n) is 12.4. The zero-order chi connectivity index (χ0) is 13.8. The molecule has 1 aromatic carbocycles. The lowest BCUT2D eigenvalue weighted by Gasteiger charge is -2.25. The molecule has 110 valence electrons. The Morgan fingerprint density at radius 1 is 1.30 bits per heavy atom. The zero-order valence-corrected chi connectivity index (χ0v) is 12.4. The lowest BCUT2D eigenvalue weighted by molar-refractivity contribution is 0.00866. The number of fused-ring (bicyclic) bond motifs is 1. The van der Waals surface area contributed by atoms with Gasteiger partial charge in [0, 0.05) is 19.1 Å². The van der Waals surface area contributed by atoms with Crippen LogP contribution in [0.1, 0.15) is 49.3 Å². The van der Waals surface area contributed by atoms with Gasteiger partial charge in [-0.25, -0.2) is 0 Å². The Kier molecular flexibility index (Phi) is 4.58. The van der Waals surface area contributed by atoms with E-state index in [2.05, 4.69) is 30.6 Å². The van der Waals surface area contributed by atoms with Crippen LogP contribution in [0.4, 0.5) is 0 Å². The van der Waals surface area contributed by atoms with Gasteiger partial charge in [-0.3, -0.25) is 0 Å². The minimum Gasteiger partial charge on any atom is -0.493 e. The molecule has 1 fully saturated rings. The van der Waals surface area contributed by atoms with E-state index in [4.69, 9.17) is 9.47 Å². The van der Waals surface area contributed by atoms with Crippen molar-refractivity contribution in [1.82, 2.24) is 5.32 Å². The molecular weight excluding hydrogens is 250 g/mol. The van der Waals surface area contributed by atoms with E-state index < -0.39 is 0 Å². The SMILES string of the molecule is CNC(CCC1CCCCO1)c1ccc2c(c1)CCO2. The van der Waals surface area contributed by atoms with Crippen molar-refractivity contribution in [2.75, 3.05) is 20.3 Å². The standard InChI is InChI=1S/C17H25NO2/c1-18-16(7-6-15-4-2-3-10-19-15)13-5-8-17-14(12-13)9-11-20-17/h5,8,12,15-16,18H,2-4,6-7,9-11H2,1H3. The molecule has 1 aromatic rings. The lowest BCUT2D eigenvalue weighted by Crippen LogP contribution is -2.23. The monoisotopic (exact) mass is 275 g/mol. The average molecular weight is 275 g/mol. The smallest absolute Gasteiger partial charge is 0.122 e. The number of nitrogens with one attached hydrogen (secondary N) is 1. The highest BCUT2D eigenvalue weighted by atomic mass is 16.5. The van der Waals surface area contributed by atoms with Crippen molar-refractivity contribution >= 4 is 0 Å². The van der Waals surface area contributed by atoms with Gasteiger partial charge in [0.25, 0.3) is 0 Å². The quantitative estimate of drug-likeness (QED) is 0.895. The molecule has 2 aliphatic rings. The number of hydrogen-bond acceptors (Lipinski definition) is 3. The molecule has 0 radical (unpaired) electrons. The molecule has 3 rings (SSSR count). The molecule has 0 aromatic heterocycles. The summed E-state index contributed by atoms with van der Waals surface area (Å²) in [6.07, 6.45) is 7.60. The minimum atomic E-state index is 0.423. The van der Waals surface area contributed by atoms with Crippen LogP contribution in [0.2, 0.25) is 0 Å². The van der Waals surface area contributed by atoms with Crippen LogP contribution in [0.25, 0.3) is 0 Å². The molecule has 2 unspecified atom stereocenters. The maximum absolute atomic E-state index is 5.83. The first-order valence-electron chi connectivity index (χ1n) is 7.91. The Balaban J connectivity index is 1.60. The highest BCUT2D eigenvalue weighted by Crippen LogP contribution is 2.30. The Hall–Kier alpha value is -1.06. The molecule has 3 heteroatoms. The summed E-state index contributed by atoms with van der Waals surface area (Å²) in [5.74, 6) is 1.07. The third kappa shape index (κ3) is 3.15. The molecule has 0 aliphatic carbocycles. The van der Waals surface area contributed by atoms with E-state index in [-0.39, 0.29) is 0 Å². The molecule has 1 N–H and O–H groups in total. The van der Waals surface area contributed by atoms with Gasteiger partial charge in [-0.2, -0.15) is 0 Å². The van der Waals surface area contributed by atoms with Crippen LogP contribution in [0.5, 0.6) is 5.75 Å². The summed E-state index contributed by atoms with van der Waals surface area (Å²) < 4.78 is 11.4. The van der Waals surface area contributed by atoms with E-state index >= 15 is 0 Å². The lowest BCUT2D eigenvalue weighted by atomic mass is 9.96. The van der Waals surface area contributed by atoms with Crippen LogP contribution in [0, 0.1) is 0 Å². The molecule has 0 bridgehead atoms. The van der Waals surface area contributed by atoms with Gasteiger partial charge in [0.2, 0.25) is 0 Å². The summed E-state index contributed by atoms with van der Waals surface area (Å²) in [5, 5.41) is 3.45. The van der Waals surface area contributed by atoms with Crippen molar-refractivity contribution < 1.29 is 9.47 Å². The van der Waals surface area contributed by atoms with E-state index in [1.807, 2.05) is 0 Å². The molecule has 0 spiro atoms. The fourth-order valence-electron chi connectivity index (χ4n) is 3.29. The van der Waals surface area contributed by atoms with E-state index in [9.17, 15) is 0 Å². The molecule has 2 heterocycles. The van der Waals surface area contributed by atoms with Gasteiger partial charge in [0.1, 0.15) is 5.75 Å². The van der Waals surface area contributed by atoms with Crippen molar-refractivity contribution in [3.05, 3.63) is 29.3 Å². The van der Waals surface area contributed by atoms with Gasteiger partial charge >= 0.3 is 0 Å². The largest absolute Gasteiger partial charge is 0.493 e. The summed E-state index contributed by atoms with van der Waals surface area (Å²) in [4.78, 5) is 0. The van der Waals surface area contributed by atoms with Gasteiger partial charge in [-0.05, 0) is 56.3 Å². The topological polar surface area (TPSA) is 30.5 Å². The first kappa shape index (κ1) is 13.9. The van der Waals surface area contributed by atoms with Gasteiger partial charge < -0.3 is 14.8 Å². The Morgan fingerprint density at radius 3 is 3.05 bits per heavy atom. The second-order valence-electron chi connectivity index (χ2n) is 5.87. The van der Waals surface area contributed by atoms with Crippen molar-refractivity contribution in [1.29, 1.82) is 0 Å². The molecule has 20 heavy (non-hydrogen) atoms. The molecule has 2 atom stereocenters.